The number of benzene rings is 1. The van der Waals surface area contributed by atoms with Crippen LogP contribution in [0.15, 0.2) is 29.6 Å². The lowest BCUT2D eigenvalue weighted by molar-refractivity contribution is -0.147. The van der Waals surface area contributed by atoms with Crippen LogP contribution in [0.3, 0.4) is 0 Å². The summed E-state index contributed by atoms with van der Waals surface area (Å²) in [5, 5.41) is 0.440. The van der Waals surface area contributed by atoms with Gasteiger partial charge in [0.2, 0.25) is 11.9 Å². The fourth-order valence-corrected chi connectivity index (χ4v) is 4.71. The van der Waals surface area contributed by atoms with Crippen molar-refractivity contribution in [2.24, 2.45) is 23.9 Å². The number of amides is 1. The molecule has 2 heterocycles. The zero-order valence-corrected chi connectivity index (χ0v) is 21.9. The maximum absolute atomic E-state index is 13.9. The molecule has 2 atom stereocenters. The van der Waals surface area contributed by atoms with Crippen LogP contribution < -0.4 is 5.73 Å². The molecule has 1 aromatic heterocycles. The summed E-state index contributed by atoms with van der Waals surface area (Å²) in [5.74, 6) is -0.340. The average molecular weight is 503 g/mol. The lowest BCUT2D eigenvalue weighted by atomic mass is 9.85. The van der Waals surface area contributed by atoms with Crippen molar-refractivity contribution in [2.75, 3.05) is 32.5 Å². The number of likely N-dealkylation sites (N-methyl/N-ethyl adjacent to an activating group) is 1. The van der Waals surface area contributed by atoms with Gasteiger partial charge in [-0.25, -0.2) is 9.98 Å². The summed E-state index contributed by atoms with van der Waals surface area (Å²) in [6.07, 6.45) is 4.97. The molecule has 1 fully saturated rings. The molecule has 0 spiro atoms. The van der Waals surface area contributed by atoms with Crippen LogP contribution in [0, 0.1) is 18.8 Å². The van der Waals surface area contributed by atoms with E-state index in [4.69, 9.17) is 27.1 Å². The Morgan fingerprint density at radius 1 is 1.26 bits per heavy atom. The molecule has 1 aromatic carbocycles. The van der Waals surface area contributed by atoms with Crippen LogP contribution in [0.1, 0.15) is 37.9 Å². The largest absolute Gasteiger partial charge is 0.465 e. The monoisotopic (exact) mass is 502 g/mol. The van der Waals surface area contributed by atoms with Crippen molar-refractivity contribution in [1.82, 2.24) is 19.4 Å². The quantitative estimate of drug-likeness (QED) is 0.415. The molecule has 35 heavy (non-hydrogen) atoms. The molecule has 2 unspecified atom stereocenters. The van der Waals surface area contributed by atoms with Crippen molar-refractivity contribution in [3.63, 3.8) is 0 Å². The number of esters is 1. The highest BCUT2D eigenvalue weighted by atomic mass is 35.5. The average Bonchev–Trinajstić information content (AvgIpc) is 3.39. The van der Waals surface area contributed by atoms with E-state index in [-0.39, 0.29) is 30.3 Å². The molecule has 0 aliphatic carbocycles. The van der Waals surface area contributed by atoms with Crippen LogP contribution in [0.4, 0.5) is 11.4 Å². The number of nitrogens with two attached hydrogens (primary N) is 1. The van der Waals surface area contributed by atoms with Crippen LogP contribution in [0.5, 0.6) is 0 Å². The summed E-state index contributed by atoms with van der Waals surface area (Å²) in [6.45, 7) is 6.98. The second kappa shape index (κ2) is 11.6. The normalized spacial score (nSPS) is 16.6. The summed E-state index contributed by atoms with van der Waals surface area (Å²) < 4.78 is 7.44. The summed E-state index contributed by atoms with van der Waals surface area (Å²) in [6, 6.07) is 3.48. The Hall–Kier alpha value is -3.07. The van der Waals surface area contributed by atoms with Crippen molar-refractivity contribution in [3.05, 3.63) is 40.9 Å². The zero-order valence-electron chi connectivity index (χ0n) is 21.1. The van der Waals surface area contributed by atoms with E-state index in [9.17, 15) is 9.59 Å². The highest BCUT2D eigenvalue weighted by Crippen LogP contribution is 2.33. The van der Waals surface area contributed by atoms with Gasteiger partial charge in [0.15, 0.2) is 0 Å². The van der Waals surface area contributed by atoms with Crippen LogP contribution in [-0.4, -0.2) is 63.9 Å². The van der Waals surface area contributed by atoms with E-state index >= 15 is 0 Å². The number of guanidine groups is 1. The summed E-state index contributed by atoms with van der Waals surface area (Å²) in [4.78, 5) is 38.5. The summed E-state index contributed by atoms with van der Waals surface area (Å²) >= 11 is 6.44. The molecule has 1 amide bonds. The van der Waals surface area contributed by atoms with Crippen molar-refractivity contribution < 1.29 is 14.3 Å². The van der Waals surface area contributed by atoms with E-state index in [1.807, 2.05) is 43.5 Å². The predicted octanol–water partition coefficient (Wildman–Crippen LogP) is 3.56. The number of aromatic nitrogens is 2. The molecule has 2 N–H and O–H groups in total. The maximum Gasteiger partial charge on any atom is 0.305 e. The Balaban J connectivity index is 1.92. The molecular weight excluding hydrogens is 468 g/mol. The number of nitrogens with zero attached hydrogens (tertiary/aromatic N) is 5. The molecule has 0 bridgehead atoms. The number of nitrogen functional groups attached to an aromatic ring is 1. The number of aryl methyl sites for hydroxylation is 2. The number of aliphatic imine (C=N–C) groups is 1. The van der Waals surface area contributed by atoms with E-state index < -0.39 is 0 Å². The van der Waals surface area contributed by atoms with Crippen molar-refractivity contribution in [2.45, 2.75) is 40.0 Å². The number of hydrogen-bond acceptors (Lipinski definition) is 6. The van der Waals surface area contributed by atoms with Crippen LogP contribution in [-0.2, 0) is 27.8 Å². The number of imidazole rings is 1. The van der Waals surface area contributed by atoms with Gasteiger partial charge in [0.1, 0.15) is 0 Å². The van der Waals surface area contributed by atoms with E-state index in [1.54, 1.807) is 30.4 Å². The minimum absolute atomic E-state index is 0.0421. The first-order valence-electron chi connectivity index (χ1n) is 11.9. The van der Waals surface area contributed by atoms with Crippen LogP contribution in [0.2, 0.25) is 5.02 Å². The second-order valence-electron chi connectivity index (χ2n) is 9.00. The van der Waals surface area contributed by atoms with Crippen LogP contribution >= 0.6 is 11.6 Å². The van der Waals surface area contributed by atoms with Gasteiger partial charge in [-0.2, -0.15) is 0 Å². The predicted molar refractivity (Wildman–Crippen MR) is 137 cm³/mol. The van der Waals surface area contributed by atoms with E-state index in [2.05, 4.69) is 4.98 Å². The number of rotatable bonds is 9. The smallest absolute Gasteiger partial charge is 0.305 e. The molecular formula is C25H35ClN6O3. The first-order chi connectivity index (χ1) is 16.7. The van der Waals surface area contributed by atoms with Crippen molar-refractivity contribution >= 4 is 40.8 Å². The molecule has 3 rings (SSSR count). The Kier molecular flexibility index (Phi) is 8.77. The van der Waals surface area contributed by atoms with Gasteiger partial charge >= 0.3 is 5.97 Å². The van der Waals surface area contributed by atoms with Gasteiger partial charge in [0.25, 0.3) is 0 Å². The molecule has 1 saturated heterocycles. The number of carbonyl (C=O) groups excluding carboxylic acids is 2. The number of hydrogen-bond donors (Lipinski definition) is 1. The molecule has 0 radical (unpaired) electrons. The van der Waals surface area contributed by atoms with Gasteiger partial charge in [0.05, 0.1) is 23.6 Å². The highest BCUT2D eigenvalue weighted by molar-refractivity contribution is 6.33. The van der Waals surface area contributed by atoms with Crippen molar-refractivity contribution in [1.29, 1.82) is 0 Å². The fourth-order valence-electron chi connectivity index (χ4n) is 4.39. The molecule has 10 heteroatoms. The molecule has 1 aliphatic heterocycles. The molecule has 0 saturated carbocycles. The highest BCUT2D eigenvalue weighted by Gasteiger charge is 2.37. The molecule has 2 aromatic rings. The van der Waals surface area contributed by atoms with Gasteiger partial charge < -0.3 is 19.9 Å². The third kappa shape index (κ3) is 6.14. The summed E-state index contributed by atoms with van der Waals surface area (Å²) in [5.41, 5.74) is 8.88. The Morgan fingerprint density at radius 3 is 2.60 bits per heavy atom. The van der Waals surface area contributed by atoms with E-state index in [0.29, 0.717) is 54.7 Å². The molecule has 9 nitrogen and oxygen atoms in total. The fraction of sp³-hybridized carbons (Fsp3) is 0.520. The third-order valence-electron chi connectivity index (χ3n) is 6.46. The van der Waals surface area contributed by atoms with E-state index in [1.165, 1.54) is 0 Å². The number of ether oxygens (including phenoxy) is 1. The standard InChI is InChI=1S/C25H35ClN6O3/c1-6-20(17(14-35-22(33)7-2)11-19-13-28-15-31(19)5)24(34)32-9-8-30(4)25(32)29-23-16(3)10-18(27)12-21(23)26/h10,12-13,15,17,20H,6-9,11,14,27H2,1-5H3. The number of carbonyl (C=O) groups is 2. The lowest BCUT2D eigenvalue weighted by Crippen LogP contribution is -2.43. The van der Waals surface area contributed by atoms with Crippen molar-refractivity contribution in [3.8, 4) is 0 Å². The van der Waals surface area contributed by atoms with E-state index in [0.717, 1.165) is 11.3 Å². The van der Waals surface area contributed by atoms with Gasteiger partial charge in [-0.3, -0.25) is 14.5 Å². The topological polar surface area (TPSA) is 106 Å². The first kappa shape index (κ1) is 26.5. The Bertz CT molecular complexity index is 1080. The van der Waals surface area contributed by atoms with Gasteiger partial charge in [-0.15, -0.1) is 0 Å². The molecule has 1 aliphatic rings. The number of anilines is 1. The minimum Gasteiger partial charge on any atom is -0.465 e. The second-order valence-corrected chi connectivity index (χ2v) is 9.41. The maximum atomic E-state index is 13.9. The Morgan fingerprint density at radius 2 is 2.00 bits per heavy atom. The third-order valence-corrected chi connectivity index (χ3v) is 6.75. The van der Waals surface area contributed by atoms with Gasteiger partial charge in [-0.05, 0) is 37.5 Å². The van der Waals surface area contributed by atoms with Crippen LogP contribution in [0.25, 0.3) is 0 Å². The SMILES string of the molecule is CCC(=O)OCC(Cc1cncn1C)C(CC)C(=O)N1CCN(C)C1=Nc1c(C)cc(N)cc1Cl. The zero-order chi connectivity index (χ0) is 25.7. The van der Waals surface area contributed by atoms with Gasteiger partial charge in [-0.1, -0.05) is 25.4 Å². The summed E-state index contributed by atoms with van der Waals surface area (Å²) in [7, 11) is 3.82. The van der Waals surface area contributed by atoms with Gasteiger partial charge in [0, 0.05) is 63.0 Å². The first-order valence-corrected chi connectivity index (χ1v) is 12.3. The molecule has 190 valence electrons. The number of halogens is 1. The Labute approximate surface area is 211 Å². The lowest BCUT2D eigenvalue weighted by Gasteiger charge is -2.29. The minimum atomic E-state index is -0.366.